The molecular formula is C16H21N3O3S2. The molecule has 2 N–H and O–H groups in total. The van der Waals surface area contributed by atoms with Gasteiger partial charge in [0, 0.05) is 5.75 Å². The summed E-state index contributed by atoms with van der Waals surface area (Å²) in [5.74, 6) is 1.56. The van der Waals surface area contributed by atoms with Gasteiger partial charge in [0.05, 0.1) is 19.2 Å². The molecule has 8 heteroatoms. The second-order valence-electron chi connectivity index (χ2n) is 5.03. The van der Waals surface area contributed by atoms with Crippen LogP contribution in [-0.2, 0) is 4.79 Å². The number of amidine groups is 1. The normalized spacial score (nSPS) is 14.7. The van der Waals surface area contributed by atoms with Crippen molar-refractivity contribution in [3.8, 4) is 5.75 Å². The summed E-state index contributed by atoms with van der Waals surface area (Å²) >= 11 is 3.14. The van der Waals surface area contributed by atoms with Crippen LogP contribution in [0.15, 0.2) is 29.3 Å². The summed E-state index contributed by atoms with van der Waals surface area (Å²) in [4.78, 5) is 29.2. The van der Waals surface area contributed by atoms with Crippen molar-refractivity contribution in [3.05, 3.63) is 29.8 Å². The smallest absolute Gasteiger partial charge is 0.255 e. The van der Waals surface area contributed by atoms with Crippen LogP contribution < -0.4 is 15.4 Å². The van der Waals surface area contributed by atoms with Gasteiger partial charge in [-0.2, -0.15) is 11.8 Å². The Kier molecular flexibility index (Phi) is 7.45. The first-order valence-electron chi connectivity index (χ1n) is 7.56. The van der Waals surface area contributed by atoms with Gasteiger partial charge in [-0.25, -0.2) is 0 Å². The molecule has 2 amide bonds. The van der Waals surface area contributed by atoms with Gasteiger partial charge < -0.3 is 15.4 Å². The maximum absolute atomic E-state index is 12.5. The van der Waals surface area contributed by atoms with Gasteiger partial charge in [-0.15, -0.1) is 0 Å². The molecular weight excluding hydrogens is 346 g/mol. The Morgan fingerprint density at radius 1 is 1.42 bits per heavy atom. The molecule has 24 heavy (non-hydrogen) atoms. The summed E-state index contributed by atoms with van der Waals surface area (Å²) in [7, 11) is 1.51. The van der Waals surface area contributed by atoms with Crippen molar-refractivity contribution in [1.82, 2.24) is 10.6 Å². The highest BCUT2D eigenvalue weighted by Crippen LogP contribution is 2.17. The minimum Gasteiger partial charge on any atom is -0.496 e. The molecule has 1 aromatic rings. The molecule has 1 aliphatic rings. The Hall–Kier alpha value is -1.67. The predicted octanol–water partition coefficient (Wildman–Crippen LogP) is 1.77. The van der Waals surface area contributed by atoms with Crippen molar-refractivity contribution in [2.45, 2.75) is 12.5 Å². The van der Waals surface area contributed by atoms with Crippen LogP contribution in [-0.4, -0.2) is 54.4 Å². The van der Waals surface area contributed by atoms with E-state index in [1.165, 1.54) is 18.9 Å². The van der Waals surface area contributed by atoms with E-state index in [0.29, 0.717) is 29.4 Å². The van der Waals surface area contributed by atoms with E-state index in [9.17, 15) is 9.59 Å². The summed E-state index contributed by atoms with van der Waals surface area (Å²) in [6, 6.07) is 6.34. The van der Waals surface area contributed by atoms with Crippen LogP contribution in [0.4, 0.5) is 0 Å². The highest BCUT2D eigenvalue weighted by Gasteiger charge is 2.24. The van der Waals surface area contributed by atoms with E-state index in [-0.39, 0.29) is 11.8 Å². The molecule has 1 atom stereocenters. The zero-order chi connectivity index (χ0) is 17.4. The van der Waals surface area contributed by atoms with E-state index in [1.54, 1.807) is 36.0 Å². The molecule has 0 aromatic heterocycles. The van der Waals surface area contributed by atoms with Crippen molar-refractivity contribution in [3.63, 3.8) is 0 Å². The zero-order valence-electron chi connectivity index (χ0n) is 13.7. The van der Waals surface area contributed by atoms with E-state index < -0.39 is 6.04 Å². The Balaban J connectivity index is 2.06. The highest BCUT2D eigenvalue weighted by molar-refractivity contribution is 8.14. The Morgan fingerprint density at radius 2 is 2.21 bits per heavy atom. The van der Waals surface area contributed by atoms with Crippen LogP contribution in [0.3, 0.4) is 0 Å². The van der Waals surface area contributed by atoms with Crippen LogP contribution in [0.1, 0.15) is 16.8 Å². The van der Waals surface area contributed by atoms with Crippen LogP contribution >= 0.6 is 23.5 Å². The third kappa shape index (κ3) is 5.17. The van der Waals surface area contributed by atoms with E-state index >= 15 is 0 Å². The first-order valence-corrected chi connectivity index (χ1v) is 9.94. The molecule has 0 spiro atoms. The van der Waals surface area contributed by atoms with Gasteiger partial charge in [-0.3, -0.25) is 14.6 Å². The number of amides is 2. The van der Waals surface area contributed by atoms with Gasteiger partial charge in [-0.1, -0.05) is 23.9 Å². The number of benzene rings is 1. The fourth-order valence-corrected chi connectivity index (χ4v) is 3.38. The van der Waals surface area contributed by atoms with Gasteiger partial charge in [0.15, 0.2) is 5.17 Å². The van der Waals surface area contributed by atoms with Gasteiger partial charge in [0.25, 0.3) is 5.91 Å². The largest absolute Gasteiger partial charge is 0.496 e. The monoisotopic (exact) mass is 367 g/mol. The Morgan fingerprint density at radius 3 is 2.88 bits per heavy atom. The van der Waals surface area contributed by atoms with Gasteiger partial charge in [-0.05, 0) is 30.6 Å². The third-order valence-corrected chi connectivity index (χ3v) is 4.93. The average Bonchev–Trinajstić information content (AvgIpc) is 3.11. The minimum atomic E-state index is -0.612. The van der Waals surface area contributed by atoms with Crippen molar-refractivity contribution in [2.75, 3.05) is 31.4 Å². The molecule has 0 radical (unpaired) electrons. The summed E-state index contributed by atoms with van der Waals surface area (Å²) in [5, 5.41) is 6.23. The fourth-order valence-electron chi connectivity index (χ4n) is 2.18. The maximum atomic E-state index is 12.5. The number of nitrogens with zero attached hydrogens (tertiary/aromatic N) is 1. The molecule has 0 bridgehead atoms. The van der Waals surface area contributed by atoms with Gasteiger partial charge in [0.1, 0.15) is 11.8 Å². The van der Waals surface area contributed by atoms with Gasteiger partial charge >= 0.3 is 0 Å². The standard InChI is InChI=1S/C16H21N3O3S2/c1-22-13-6-4-3-5-11(13)14(20)18-12(7-9-23-2)15(21)19-16-17-8-10-24-16/h3-6,12H,7-10H2,1-2H3,(H,18,20)(H,17,19,21). The van der Waals surface area contributed by atoms with Crippen molar-refractivity contribution >= 4 is 40.5 Å². The topological polar surface area (TPSA) is 79.8 Å². The lowest BCUT2D eigenvalue weighted by Gasteiger charge is -2.18. The number of hydrogen-bond donors (Lipinski definition) is 2. The maximum Gasteiger partial charge on any atom is 0.255 e. The van der Waals surface area contributed by atoms with Crippen LogP contribution in [0.25, 0.3) is 0 Å². The molecule has 1 heterocycles. The molecule has 2 rings (SSSR count). The molecule has 130 valence electrons. The number of nitrogens with one attached hydrogen (secondary N) is 2. The van der Waals surface area contributed by atoms with Crippen molar-refractivity contribution in [1.29, 1.82) is 0 Å². The van der Waals surface area contributed by atoms with E-state index in [1.807, 2.05) is 6.26 Å². The average molecular weight is 367 g/mol. The van der Waals surface area contributed by atoms with Crippen molar-refractivity contribution < 1.29 is 14.3 Å². The fraction of sp³-hybridized carbons (Fsp3) is 0.438. The summed E-state index contributed by atoms with van der Waals surface area (Å²) in [6.07, 6.45) is 2.51. The molecule has 0 fully saturated rings. The zero-order valence-corrected chi connectivity index (χ0v) is 15.3. The number of ether oxygens (including phenoxy) is 1. The number of aliphatic imine (C=N–C) groups is 1. The quantitative estimate of drug-likeness (QED) is 0.768. The molecule has 1 aliphatic heterocycles. The molecule has 0 aliphatic carbocycles. The second-order valence-corrected chi connectivity index (χ2v) is 7.10. The van der Waals surface area contributed by atoms with Crippen LogP contribution in [0.5, 0.6) is 5.75 Å². The lowest BCUT2D eigenvalue weighted by molar-refractivity contribution is -0.121. The SMILES string of the molecule is COc1ccccc1C(=O)NC(CCSC)C(=O)NC1=NCCS1. The summed E-state index contributed by atoms with van der Waals surface area (Å²) in [5.41, 5.74) is 0.412. The molecule has 0 saturated carbocycles. The molecule has 1 unspecified atom stereocenters. The minimum absolute atomic E-state index is 0.236. The summed E-state index contributed by atoms with van der Waals surface area (Å²) in [6.45, 7) is 0.712. The lowest BCUT2D eigenvalue weighted by atomic mass is 10.1. The van der Waals surface area contributed by atoms with E-state index in [2.05, 4.69) is 15.6 Å². The second kappa shape index (κ2) is 9.58. The van der Waals surface area contributed by atoms with Crippen molar-refractivity contribution in [2.24, 2.45) is 4.99 Å². The Labute approximate surface area is 150 Å². The number of carbonyl (C=O) groups excluding carboxylic acids is 2. The summed E-state index contributed by atoms with van der Waals surface area (Å²) < 4.78 is 5.21. The number of rotatable bonds is 7. The number of hydrogen-bond acceptors (Lipinski definition) is 6. The number of para-hydroxylation sites is 1. The Bertz CT molecular complexity index is 622. The molecule has 6 nitrogen and oxygen atoms in total. The van der Waals surface area contributed by atoms with Gasteiger partial charge in [0.2, 0.25) is 5.91 Å². The third-order valence-electron chi connectivity index (χ3n) is 3.40. The molecule has 1 aromatic carbocycles. The van der Waals surface area contributed by atoms with Crippen LogP contribution in [0, 0.1) is 0 Å². The molecule has 0 saturated heterocycles. The first kappa shape index (κ1) is 18.7. The highest BCUT2D eigenvalue weighted by atomic mass is 32.2. The first-order chi connectivity index (χ1) is 11.7. The predicted molar refractivity (Wildman–Crippen MR) is 100 cm³/mol. The number of carbonyl (C=O) groups is 2. The lowest BCUT2D eigenvalue weighted by Crippen LogP contribution is -2.48. The van der Waals surface area contributed by atoms with Crippen LogP contribution in [0.2, 0.25) is 0 Å². The number of methoxy groups -OCH3 is 1. The number of thioether (sulfide) groups is 2. The van der Waals surface area contributed by atoms with E-state index in [0.717, 1.165) is 11.5 Å². The van der Waals surface area contributed by atoms with E-state index in [4.69, 9.17) is 4.74 Å².